The SMILES string of the molecule is CN1C(=O)C(=NC(F)C(F)F)c2ccccc21. The van der Waals surface area contributed by atoms with Gasteiger partial charge in [0.15, 0.2) is 0 Å². The molecule has 0 fully saturated rings. The predicted octanol–water partition coefficient (Wildman–Crippen LogP) is 2.01. The molecule has 90 valence electrons. The Hall–Kier alpha value is -1.85. The number of likely N-dealkylation sites (N-methyl/N-ethyl adjacent to an activating group) is 1. The quantitative estimate of drug-likeness (QED) is 0.730. The van der Waals surface area contributed by atoms with Gasteiger partial charge < -0.3 is 4.90 Å². The van der Waals surface area contributed by atoms with Gasteiger partial charge in [0.1, 0.15) is 5.71 Å². The van der Waals surface area contributed by atoms with Crippen molar-refractivity contribution in [3.05, 3.63) is 29.8 Å². The van der Waals surface area contributed by atoms with Crippen molar-refractivity contribution in [3.63, 3.8) is 0 Å². The number of aliphatic imine (C=N–C) groups is 1. The fourth-order valence-electron chi connectivity index (χ4n) is 1.65. The van der Waals surface area contributed by atoms with Gasteiger partial charge in [-0.15, -0.1) is 0 Å². The number of amides is 1. The maximum Gasteiger partial charge on any atom is 0.289 e. The van der Waals surface area contributed by atoms with Crippen molar-refractivity contribution in [2.75, 3.05) is 11.9 Å². The van der Waals surface area contributed by atoms with E-state index in [1.807, 2.05) is 0 Å². The number of carbonyl (C=O) groups is 1. The summed E-state index contributed by atoms with van der Waals surface area (Å²) in [6, 6.07) is 6.53. The van der Waals surface area contributed by atoms with Crippen molar-refractivity contribution in [2.24, 2.45) is 4.99 Å². The van der Waals surface area contributed by atoms with Gasteiger partial charge in [-0.3, -0.25) is 4.79 Å². The normalized spacial score (nSPS) is 19.0. The summed E-state index contributed by atoms with van der Waals surface area (Å²) in [6.45, 7) is 0. The van der Waals surface area contributed by atoms with Crippen LogP contribution in [0.3, 0.4) is 0 Å². The van der Waals surface area contributed by atoms with Crippen LogP contribution in [0.15, 0.2) is 29.3 Å². The first-order valence-corrected chi connectivity index (χ1v) is 4.90. The second kappa shape index (κ2) is 4.20. The molecule has 6 heteroatoms. The van der Waals surface area contributed by atoms with Crippen LogP contribution in [-0.4, -0.2) is 31.4 Å². The summed E-state index contributed by atoms with van der Waals surface area (Å²) >= 11 is 0. The number of carbonyl (C=O) groups excluding carboxylic acids is 1. The van der Waals surface area contributed by atoms with E-state index < -0.39 is 18.6 Å². The topological polar surface area (TPSA) is 32.7 Å². The number of alkyl halides is 3. The maximum atomic E-state index is 12.9. The van der Waals surface area contributed by atoms with Crippen LogP contribution in [0.2, 0.25) is 0 Å². The highest BCUT2D eigenvalue weighted by molar-refractivity contribution is 6.54. The molecule has 1 unspecified atom stereocenters. The maximum absolute atomic E-state index is 12.9. The minimum absolute atomic E-state index is 0.254. The molecule has 1 aliphatic heterocycles. The lowest BCUT2D eigenvalue weighted by atomic mass is 10.1. The Bertz CT molecular complexity index is 487. The van der Waals surface area contributed by atoms with Gasteiger partial charge in [-0.25, -0.2) is 18.2 Å². The van der Waals surface area contributed by atoms with Crippen molar-refractivity contribution in [1.29, 1.82) is 0 Å². The highest BCUT2D eigenvalue weighted by atomic mass is 19.3. The van der Waals surface area contributed by atoms with Gasteiger partial charge in [0, 0.05) is 12.6 Å². The van der Waals surface area contributed by atoms with Crippen LogP contribution in [0.25, 0.3) is 0 Å². The van der Waals surface area contributed by atoms with E-state index in [-0.39, 0.29) is 5.71 Å². The molecule has 0 aromatic heterocycles. The molecule has 1 atom stereocenters. The Labute approximate surface area is 95.6 Å². The minimum Gasteiger partial charge on any atom is -0.309 e. The lowest BCUT2D eigenvalue weighted by Crippen LogP contribution is -2.27. The van der Waals surface area contributed by atoms with Crippen LogP contribution >= 0.6 is 0 Å². The molecule has 0 N–H and O–H groups in total. The molecule has 0 bridgehead atoms. The smallest absolute Gasteiger partial charge is 0.289 e. The third-order valence-corrected chi connectivity index (χ3v) is 2.49. The van der Waals surface area contributed by atoms with Gasteiger partial charge in [-0.2, -0.15) is 0 Å². The third-order valence-electron chi connectivity index (χ3n) is 2.49. The van der Waals surface area contributed by atoms with E-state index in [1.54, 1.807) is 24.3 Å². The molecule has 1 aromatic rings. The number of para-hydroxylation sites is 1. The summed E-state index contributed by atoms with van der Waals surface area (Å²) in [5, 5.41) is 0. The Kier molecular flexibility index (Phi) is 2.87. The van der Waals surface area contributed by atoms with E-state index in [9.17, 15) is 18.0 Å². The van der Waals surface area contributed by atoms with Crippen molar-refractivity contribution in [3.8, 4) is 0 Å². The first-order chi connectivity index (χ1) is 8.02. The van der Waals surface area contributed by atoms with Gasteiger partial charge >= 0.3 is 0 Å². The number of hydrogen-bond donors (Lipinski definition) is 0. The molecule has 0 saturated heterocycles. The molecular formula is C11H9F3N2O. The second-order valence-electron chi connectivity index (χ2n) is 3.57. The fraction of sp³-hybridized carbons (Fsp3) is 0.273. The lowest BCUT2D eigenvalue weighted by Gasteiger charge is -2.07. The lowest BCUT2D eigenvalue weighted by molar-refractivity contribution is -0.112. The first kappa shape index (κ1) is 11.6. The number of halogens is 3. The number of hydrogen-bond acceptors (Lipinski definition) is 2. The van der Waals surface area contributed by atoms with E-state index in [4.69, 9.17) is 0 Å². The van der Waals surface area contributed by atoms with Crippen LogP contribution in [0, 0.1) is 0 Å². The highest BCUT2D eigenvalue weighted by Gasteiger charge is 2.32. The molecule has 1 aliphatic rings. The van der Waals surface area contributed by atoms with Crippen LogP contribution in [0.4, 0.5) is 18.9 Å². The van der Waals surface area contributed by atoms with Gasteiger partial charge in [-0.1, -0.05) is 18.2 Å². The average Bonchev–Trinajstić information content (AvgIpc) is 2.55. The van der Waals surface area contributed by atoms with Crippen LogP contribution in [-0.2, 0) is 4.79 Å². The Morgan fingerprint density at radius 3 is 2.53 bits per heavy atom. The van der Waals surface area contributed by atoms with E-state index in [0.717, 1.165) is 0 Å². The summed E-state index contributed by atoms with van der Waals surface area (Å²) in [5.41, 5.74) is 0.664. The second-order valence-corrected chi connectivity index (χ2v) is 3.57. The fourth-order valence-corrected chi connectivity index (χ4v) is 1.65. The minimum atomic E-state index is -3.23. The van der Waals surface area contributed by atoms with Crippen molar-refractivity contribution in [2.45, 2.75) is 12.7 Å². The molecule has 0 spiro atoms. The molecule has 17 heavy (non-hydrogen) atoms. The highest BCUT2D eigenvalue weighted by Crippen LogP contribution is 2.28. The predicted molar refractivity (Wildman–Crippen MR) is 57.3 cm³/mol. The summed E-state index contributed by atoms with van der Waals surface area (Å²) < 4.78 is 37.0. The summed E-state index contributed by atoms with van der Waals surface area (Å²) in [6.07, 6.45) is -5.90. The molecule has 0 radical (unpaired) electrons. The number of anilines is 1. The largest absolute Gasteiger partial charge is 0.309 e. The van der Waals surface area contributed by atoms with E-state index in [1.165, 1.54) is 11.9 Å². The van der Waals surface area contributed by atoms with Crippen LogP contribution in [0.1, 0.15) is 5.56 Å². The third kappa shape index (κ3) is 1.90. The Morgan fingerprint density at radius 1 is 1.24 bits per heavy atom. The molecule has 0 saturated carbocycles. The molecule has 1 heterocycles. The number of rotatable bonds is 2. The molecule has 3 nitrogen and oxygen atoms in total. The van der Waals surface area contributed by atoms with Crippen molar-refractivity contribution >= 4 is 17.3 Å². The van der Waals surface area contributed by atoms with E-state index in [2.05, 4.69) is 4.99 Å². The molecule has 1 aromatic carbocycles. The zero-order chi connectivity index (χ0) is 12.6. The summed E-state index contributed by atoms with van der Waals surface area (Å²) in [5.74, 6) is -0.575. The molecule has 0 aliphatic carbocycles. The van der Waals surface area contributed by atoms with Crippen molar-refractivity contribution < 1.29 is 18.0 Å². The summed E-state index contributed by atoms with van der Waals surface area (Å²) in [4.78, 5) is 16.1. The van der Waals surface area contributed by atoms with Crippen LogP contribution < -0.4 is 4.90 Å². The summed E-state index contributed by atoms with van der Waals surface area (Å²) in [7, 11) is 1.49. The Morgan fingerprint density at radius 2 is 1.88 bits per heavy atom. The number of benzene rings is 1. The monoisotopic (exact) mass is 242 g/mol. The van der Waals surface area contributed by atoms with Gasteiger partial charge in [0.25, 0.3) is 18.6 Å². The standard InChI is InChI=1S/C11H9F3N2O/c1-16-7-5-3-2-4-6(7)8(11(16)17)15-10(14)9(12)13/h2-5,9-10H,1H3. The number of nitrogens with zero attached hydrogens (tertiary/aromatic N) is 2. The first-order valence-electron chi connectivity index (χ1n) is 4.90. The zero-order valence-electron chi connectivity index (χ0n) is 8.90. The average molecular weight is 242 g/mol. The number of fused-ring (bicyclic) bond motifs is 1. The molecule has 2 rings (SSSR count). The van der Waals surface area contributed by atoms with Gasteiger partial charge in [0.2, 0.25) is 0 Å². The Balaban J connectivity index is 2.46. The van der Waals surface area contributed by atoms with E-state index in [0.29, 0.717) is 11.3 Å². The van der Waals surface area contributed by atoms with Gasteiger partial charge in [-0.05, 0) is 6.07 Å². The van der Waals surface area contributed by atoms with Gasteiger partial charge in [0.05, 0.1) is 5.69 Å². The van der Waals surface area contributed by atoms with E-state index >= 15 is 0 Å². The van der Waals surface area contributed by atoms with Crippen LogP contribution in [0.5, 0.6) is 0 Å². The zero-order valence-corrected chi connectivity index (χ0v) is 8.90. The molecule has 1 amide bonds. The van der Waals surface area contributed by atoms with Crippen molar-refractivity contribution in [1.82, 2.24) is 0 Å². The molecular weight excluding hydrogens is 233 g/mol.